The smallest absolute Gasteiger partial charge is 0.269 e. The Morgan fingerprint density at radius 1 is 0.953 bits per heavy atom. The lowest BCUT2D eigenvalue weighted by Gasteiger charge is -2.20. The second-order valence-corrected chi connectivity index (χ2v) is 10.8. The van der Waals surface area contributed by atoms with Crippen molar-refractivity contribution in [1.82, 2.24) is 20.1 Å². The van der Waals surface area contributed by atoms with Crippen molar-refractivity contribution in [2.75, 3.05) is 6.61 Å². The fraction of sp³-hybridized carbons (Fsp3) is 0.129. The summed E-state index contributed by atoms with van der Waals surface area (Å²) in [7, 11) is 0. The van der Waals surface area contributed by atoms with E-state index in [0.29, 0.717) is 39.6 Å². The quantitative estimate of drug-likeness (QED) is 0.0937. The van der Waals surface area contributed by atoms with Crippen LogP contribution in [0.25, 0.3) is 5.69 Å². The van der Waals surface area contributed by atoms with E-state index < -0.39 is 11.0 Å². The Morgan fingerprint density at radius 2 is 1.65 bits per heavy atom. The molecular formula is C31H25ClFN5O4S. The van der Waals surface area contributed by atoms with E-state index in [1.54, 1.807) is 53.1 Å². The highest BCUT2D eigenvalue weighted by atomic mass is 35.5. The Bertz CT molecular complexity index is 1680. The zero-order valence-electron chi connectivity index (χ0n) is 22.6. The first-order valence-corrected chi connectivity index (χ1v) is 14.5. The molecule has 0 fully saturated rings. The number of amides is 1. The second-order valence-electron chi connectivity index (χ2n) is 9.42. The topological polar surface area (TPSA) is 112 Å². The summed E-state index contributed by atoms with van der Waals surface area (Å²) in [4.78, 5) is 24.0. The maximum Gasteiger partial charge on any atom is 0.269 e. The molecule has 0 radical (unpaired) electrons. The lowest BCUT2D eigenvalue weighted by molar-refractivity contribution is -0.384. The number of aromatic nitrogens is 3. The van der Waals surface area contributed by atoms with Crippen LogP contribution >= 0.6 is 23.4 Å². The van der Waals surface area contributed by atoms with Gasteiger partial charge in [-0.05, 0) is 66.1 Å². The van der Waals surface area contributed by atoms with Crippen molar-refractivity contribution in [2.24, 2.45) is 0 Å². The van der Waals surface area contributed by atoms with Crippen LogP contribution in [0, 0.1) is 15.9 Å². The Morgan fingerprint density at radius 3 is 2.33 bits per heavy atom. The predicted molar refractivity (Wildman–Crippen MR) is 162 cm³/mol. The molecule has 218 valence electrons. The summed E-state index contributed by atoms with van der Waals surface area (Å²) in [6, 6.07) is 27.8. The number of carbonyl (C=O) groups is 1. The molecule has 9 nitrogen and oxygen atoms in total. The summed E-state index contributed by atoms with van der Waals surface area (Å²) in [5, 5.41) is 24.3. The highest BCUT2D eigenvalue weighted by Gasteiger charge is 2.25. The van der Waals surface area contributed by atoms with E-state index in [2.05, 4.69) is 15.5 Å². The van der Waals surface area contributed by atoms with E-state index in [0.717, 1.165) is 11.1 Å². The number of nitrogens with one attached hydrogen (secondary N) is 1. The number of non-ortho nitro benzene ring substituents is 1. The van der Waals surface area contributed by atoms with Crippen molar-refractivity contribution < 1.29 is 18.8 Å². The summed E-state index contributed by atoms with van der Waals surface area (Å²) < 4.78 is 20.9. The van der Waals surface area contributed by atoms with Crippen molar-refractivity contribution in [3.63, 3.8) is 0 Å². The van der Waals surface area contributed by atoms with Crippen LogP contribution in [0.1, 0.15) is 23.0 Å². The van der Waals surface area contributed by atoms with Crippen molar-refractivity contribution in [3.05, 3.63) is 141 Å². The molecule has 0 aliphatic heterocycles. The maximum absolute atomic E-state index is 13.4. The second kappa shape index (κ2) is 14.0. The number of nitrogens with zero attached hydrogens (tertiary/aromatic N) is 4. The molecule has 0 aliphatic rings. The van der Waals surface area contributed by atoms with Gasteiger partial charge in [0.15, 0.2) is 17.6 Å². The number of ether oxygens (including phenoxy) is 1. The third-order valence-electron chi connectivity index (χ3n) is 6.37. The number of nitro benzene ring substituents is 1. The minimum atomic E-state index is -0.633. The normalized spacial score (nSPS) is 11.6. The van der Waals surface area contributed by atoms with Gasteiger partial charge < -0.3 is 10.1 Å². The van der Waals surface area contributed by atoms with Crippen LogP contribution < -0.4 is 10.1 Å². The van der Waals surface area contributed by atoms with Gasteiger partial charge in [-0.1, -0.05) is 65.8 Å². The zero-order chi connectivity index (χ0) is 30.2. The number of nitro groups is 1. The van der Waals surface area contributed by atoms with Gasteiger partial charge in [-0.3, -0.25) is 19.5 Å². The number of rotatable bonds is 12. The minimum Gasteiger partial charge on any atom is -0.484 e. The Hall–Kier alpha value is -4.74. The van der Waals surface area contributed by atoms with Gasteiger partial charge >= 0.3 is 0 Å². The van der Waals surface area contributed by atoms with Crippen molar-refractivity contribution in [2.45, 2.75) is 23.4 Å². The first-order valence-electron chi connectivity index (χ1n) is 13.1. The van der Waals surface area contributed by atoms with E-state index in [1.165, 1.54) is 36.0 Å². The molecule has 1 aromatic heterocycles. The van der Waals surface area contributed by atoms with Gasteiger partial charge in [-0.15, -0.1) is 10.2 Å². The van der Waals surface area contributed by atoms with Crippen LogP contribution in [0.2, 0.25) is 5.02 Å². The van der Waals surface area contributed by atoms with Gasteiger partial charge in [0.1, 0.15) is 11.6 Å². The third-order valence-corrected chi connectivity index (χ3v) is 7.62. The standard InChI is InChI=1S/C31H25ClFN5O4S/c32-23-8-16-27(17-9-23)42-19-29(39)34-28(18-21-4-2-1-3-5-21)30-35-36-31(43-20-22-6-10-24(33)11-7-22)37(30)25-12-14-26(15-13-25)38(40)41/h1-17,28H,18-20H2,(H,34,39)/t28-/m1/s1. The summed E-state index contributed by atoms with van der Waals surface area (Å²) >= 11 is 7.31. The molecule has 0 unspecified atom stereocenters. The molecule has 5 aromatic rings. The summed E-state index contributed by atoms with van der Waals surface area (Å²) in [6.45, 7) is -0.245. The van der Waals surface area contributed by atoms with Crippen LogP contribution in [0.15, 0.2) is 108 Å². The number of hydrogen-bond donors (Lipinski definition) is 1. The highest BCUT2D eigenvalue weighted by molar-refractivity contribution is 7.98. The maximum atomic E-state index is 13.4. The molecule has 0 aliphatic carbocycles. The third kappa shape index (κ3) is 7.97. The summed E-state index contributed by atoms with van der Waals surface area (Å²) in [5.74, 6) is 0.682. The number of thioether (sulfide) groups is 1. The Kier molecular flexibility index (Phi) is 9.65. The van der Waals surface area contributed by atoms with Gasteiger partial charge in [0.2, 0.25) is 0 Å². The predicted octanol–water partition coefficient (Wildman–Crippen LogP) is 6.74. The van der Waals surface area contributed by atoms with E-state index >= 15 is 0 Å². The number of hydrogen-bond acceptors (Lipinski definition) is 7. The zero-order valence-corrected chi connectivity index (χ0v) is 24.2. The molecule has 0 spiro atoms. The lowest BCUT2D eigenvalue weighted by atomic mass is 10.0. The lowest BCUT2D eigenvalue weighted by Crippen LogP contribution is -2.35. The van der Waals surface area contributed by atoms with Crippen molar-refractivity contribution in [3.8, 4) is 11.4 Å². The monoisotopic (exact) mass is 617 g/mol. The first-order chi connectivity index (χ1) is 20.9. The highest BCUT2D eigenvalue weighted by Crippen LogP contribution is 2.30. The molecule has 0 saturated heterocycles. The van der Waals surface area contributed by atoms with Gasteiger partial charge in [0, 0.05) is 28.6 Å². The molecule has 1 N–H and O–H groups in total. The van der Waals surface area contributed by atoms with Crippen LogP contribution in [0.5, 0.6) is 5.75 Å². The number of benzene rings is 4. The Balaban J connectivity index is 1.47. The molecular weight excluding hydrogens is 593 g/mol. The van der Waals surface area contributed by atoms with E-state index in [1.807, 2.05) is 30.3 Å². The van der Waals surface area contributed by atoms with Crippen LogP contribution in [-0.4, -0.2) is 32.2 Å². The molecule has 12 heteroatoms. The van der Waals surface area contributed by atoms with Crippen LogP contribution in [0.3, 0.4) is 0 Å². The van der Waals surface area contributed by atoms with E-state index in [4.69, 9.17) is 16.3 Å². The number of halogens is 2. The molecule has 1 heterocycles. The molecule has 1 amide bonds. The fourth-order valence-corrected chi connectivity index (χ4v) is 5.31. The molecule has 5 rings (SSSR count). The van der Waals surface area contributed by atoms with Gasteiger partial charge in [0.05, 0.1) is 11.0 Å². The summed E-state index contributed by atoms with van der Waals surface area (Å²) in [5.41, 5.74) is 2.34. The molecule has 0 bridgehead atoms. The SMILES string of the molecule is O=C(COc1ccc(Cl)cc1)N[C@H](Cc1ccccc1)c1nnc(SCc2ccc(F)cc2)n1-c1ccc([N+](=O)[O-])cc1. The van der Waals surface area contributed by atoms with Crippen molar-refractivity contribution >= 4 is 35.0 Å². The fourth-order valence-electron chi connectivity index (χ4n) is 4.27. The van der Waals surface area contributed by atoms with Gasteiger partial charge in [-0.25, -0.2) is 4.39 Å². The van der Waals surface area contributed by atoms with Crippen molar-refractivity contribution in [1.29, 1.82) is 0 Å². The molecule has 0 saturated carbocycles. The average Bonchev–Trinajstić information content (AvgIpc) is 3.44. The largest absolute Gasteiger partial charge is 0.484 e. The average molecular weight is 618 g/mol. The summed E-state index contributed by atoms with van der Waals surface area (Å²) in [6.07, 6.45) is 0.390. The minimum absolute atomic E-state index is 0.0626. The van der Waals surface area contributed by atoms with Gasteiger partial charge in [-0.2, -0.15) is 0 Å². The Labute approximate surface area is 255 Å². The van der Waals surface area contributed by atoms with E-state index in [-0.39, 0.29) is 24.0 Å². The van der Waals surface area contributed by atoms with Gasteiger partial charge in [0.25, 0.3) is 11.6 Å². The number of carbonyl (C=O) groups excluding carboxylic acids is 1. The molecule has 43 heavy (non-hydrogen) atoms. The van der Waals surface area contributed by atoms with Crippen LogP contribution in [-0.2, 0) is 17.0 Å². The van der Waals surface area contributed by atoms with E-state index in [9.17, 15) is 19.3 Å². The first kappa shape index (κ1) is 29.7. The molecule has 1 atom stereocenters. The van der Waals surface area contributed by atoms with Crippen LogP contribution in [0.4, 0.5) is 10.1 Å². The molecule has 4 aromatic carbocycles.